The molecule has 0 saturated heterocycles. The minimum Gasteiger partial charge on any atom is -0.366 e. The summed E-state index contributed by atoms with van der Waals surface area (Å²) < 4.78 is 0. The quantitative estimate of drug-likeness (QED) is 0.539. The van der Waals surface area contributed by atoms with Crippen molar-refractivity contribution in [2.45, 2.75) is 0 Å². The fraction of sp³-hybridized carbons (Fsp3) is 0.182. The Hall–Kier alpha value is -2.77. The predicted octanol–water partition coefficient (Wildman–Crippen LogP) is 0.288. The zero-order valence-corrected chi connectivity index (χ0v) is 10.5. The highest BCUT2D eigenvalue weighted by molar-refractivity contribution is 5.99. The van der Waals surface area contributed by atoms with Crippen LogP contribution < -0.4 is 27.0 Å². The Morgan fingerprint density at radius 3 is 1.63 bits per heavy atom. The first-order chi connectivity index (χ1) is 8.96. The highest BCUT2D eigenvalue weighted by Gasteiger charge is 2.09. The lowest BCUT2D eigenvalue weighted by molar-refractivity contribution is 0.1000. The van der Waals surface area contributed by atoms with Crippen LogP contribution in [-0.4, -0.2) is 32.1 Å². The summed E-state index contributed by atoms with van der Waals surface area (Å²) in [6.45, 7) is 0. The van der Waals surface area contributed by atoms with Gasteiger partial charge in [0.15, 0.2) is 0 Å². The summed E-state index contributed by atoms with van der Waals surface area (Å²) >= 11 is 0. The van der Waals surface area contributed by atoms with E-state index >= 15 is 0 Å². The number of primary amides is 1. The number of hydrogen-bond donors (Lipinski definition) is 5. The molecule has 102 valence electrons. The lowest BCUT2D eigenvalue weighted by Crippen LogP contribution is -2.26. The van der Waals surface area contributed by atoms with E-state index in [2.05, 4.69) is 21.3 Å². The Morgan fingerprint density at radius 2 is 1.32 bits per heavy atom. The zero-order chi connectivity index (χ0) is 14.4. The van der Waals surface area contributed by atoms with E-state index in [9.17, 15) is 14.4 Å². The summed E-state index contributed by atoms with van der Waals surface area (Å²) in [5.41, 5.74) is 6.02. The molecule has 0 fully saturated rings. The van der Waals surface area contributed by atoms with Gasteiger partial charge in [0.2, 0.25) is 5.91 Å². The van der Waals surface area contributed by atoms with Gasteiger partial charge < -0.3 is 27.0 Å². The van der Waals surface area contributed by atoms with Crippen LogP contribution >= 0.6 is 0 Å². The number of benzene rings is 1. The average molecular weight is 265 g/mol. The zero-order valence-electron chi connectivity index (χ0n) is 10.5. The van der Waals surface area contributed by atoms with E-state index in [1.54, 1.807) is 0 Å². The molecule has 1 rings (SSSR count). The first-order valence-corrected chi connectivity index (χ1v) is 5.38. The van der Waals surface area contributed by atoms with E-state index in [1.165, 1.54) is 32.3 Å². The molecule has 0 heterocycles. The molecule has 0 unspecified atom stereocenters. The maximum Gasteiger partial charge on any atom is 0.318 e. The minimum atomic E-state index is -0.666. The SMILES string of the molecule is CNC(=O)Nc1cc(NC(=O)NC)cc(C(N)=O)c1. The number of nitrogens with two attached hydrogens (primary N) is 1. The standard InChI is InChI=1S/C11H15N5O3/c1-13-10(18)15-7-3-6(9(12)17)4-8(5-7)16-11(19)14-2/h3-5H,1-2H3,(H2,12,17)(H2,13,15,18)(H2,14,16,19). The molecule has 8 nitrogen and oxygen atoms in total. The number of carbonyl (C=O) groups excluding carboxylic acids is 3. The summed E-state index contributed by atoms with van der Waals surface area (Å²) in [6, 6.07) is 3.41. The summed E-state index contributed by atoms with van der Waals surface area (Å²) in [7, 11) is 2.91. The van der Waals surface area contributed by atoms with Gasteiger partial charge in [0, 0.05) is 31.0 Å². The van der Waals surface area contributed by atoms with Crippen LogP contribution in [0.25, 0.3) is 0 Å². The van der Waals surface area contributed by atoms with Crippen molar-refractivity contribution in [2.24, 2.45) is 5.73 Å². The summed E-state index contributed by atoms with van der Waals surface area (Å²) in [4.78, 5) is 33.6. The second kappa shape index (κ2) is 6.24. The van der Waals surface area contributed by atoms with Gasteiger partial charge >= 0.3 is 12.1 Å². The van der Waals surface area contributed by atoms with E-state index in [4.69, 9.17) is 5.73 Å². The molecule has 0 atom stereocenters. The molecular weight excluding hydrogens is 250 g/mol. The van der Waals surface area contributed by atoms with Crippen LogP contribution in [-0.2, 0) is 0 Å². The largest absolute Gasteiger partial charge is 0.366 e. The predicted molar refractivity (Wildman–Crippen MR) is 71.1 cm³/mol. The van der Waals surface area contributed by atoms with Crippen molar-refractivity contribution < 1.29 is 14.4 Å². The molecule has 0 aliphatic carbocycles. The van der Waals surface area contributed by atoms with Crippen molar-refractivity contribution in [3.63, 3.8) is 0 Å². The molecule has 0 aliphatic heterocycles. The molecule has 0 saturated carbocycles. The first kappa shape index (κ1) is 14.3. The van der Waals surface area contributed by atoms with Gasteiger partial charge in [-0.15, -0.1) is 0 Å². The van der Waals surface area contributed by atoms with E-state index in [0.29, 0.717) is 11.4 Å². The van der Waals surface area contributed by atoms with Crippen LogP contribution in [0, 0.1) is 0 Å². The molecular formula is C11H15N5O3. The average Bonchev–Trinajstić information content (AvgIpc) is 2.37. The van der Waals surface area contributed by atoms with Crippen molar-refractivity contribution in [1.29, 1.82) is 0 Å². The third kappa shape index (κ3) is 4.19. The van der Waals surface area contributed by atoms with Gasteiger partial charge in [0.25, 0.3) is 0 Å². The summed E-state index contributed by atoms with van der Waals surface area (Å²) in [5.74, 6) is -0.666. The third-order valence-electron chi connectivity index (χ3n) is 2.19. The molecule has 0 aliphatic rings. The van der Waals surface area contributed by atoms with Gasteiger partial charge in [-0.05, 0) is 18.2 Å². The van der Waals surface area contributed by atoms with Crippen molar-refractivity contribution in [1.82, 2.24) is 10.6 Å². The number of rotatable bonds is 3. The summed E-state index contributed by atoms with van der Waals surface area (Å²) in [5, 5.41) is 9.71. The molecule has 1 aromatic carbocycles. The normalized spacial score (nSPS) is 9.37. The van der Waals surface area contributed by atoms with Gasteiger partial charge in [0.05, 0.1) is 0 Å². The van der Waals surface area contributed by atoms with Gasteiger partial charge in [-0.25, -0.2) is 9.59 Å². The Morgan fingerprint density at radius 1 is 0.895 bits per heavy atom. The second-order valence-electron chi connectivity index (χ2n) is 3.57. The molecule has 8 heteroatoms. The number of hydrogen-bond acceptors (Lipinski definition) is 3. The van der Waals surface area contributed by atoms with E-state index in [-0.39, 0.29) is 5.56 Å². The lowest BCUT2D eigenvalue weighted by atomic mass is 10.1. The highest BCUT2D eigenvalue weighted by atomic mass is 16.2. The fourth-order valence-corrected chi connectivity index (χ4v) is 1.30. The van der Waals surface area contributed by atoms with Crippen LogP contribution in [0.1, 0.15) is 10.4 Å². The molecule has 0 spiro atoms. The number of carbonyl (C=O) groups is 3. The fourth-order valence-electron chi connectivity index (χ4n) is 1.30. The molecule has 5 amide bonds. The highest BCUT2D eigenvalue weighted by Crippen LogP contribution is 2.19. The molecule has 0 radical (unpaired) electrons. The van der Waals surface area contributed by atoms with E-state index in [0.717, 1.165) is 0 Å². The molecule has 19 heavy (non-hydrogen) atoms. The van der Waals surface area contributed by atoms with E-state index in [1.807, 2.05) is 0 Å². The van der Waals surface area contributed by atoms with Gasteiger partial charge in [0.1, 0.15) is 0 Å². The summed E-state index contributed by atoms with van der Waals surface area (Å²) in [6.07, 6.45) is 0. The van der Waals surface area contributed by atoms with Gasteiger partial charge in [-0.1, -0.05) is 0 Å². The van der Waals surface area contributed by atoms with Crippen LogP contribution in [0.4, 0.5) is 21.0 Å². The van der Waals surface area contributed by atoms with Crippen molar-refractivity contribution in [2.75, 3.05) is 24.7 Å². The Bertz CT molecular complexity index is 479. The maximum atomic E-state index is 11.2. The number of urea groups is 2. The van der Waals surface area contributed by atoms with Crippen LogP contribution in [0.2, 0.25) is 0 Å². The Kier molecular flexibility index (Phi) is 4.69. The number of anilines is 2. The van der Waals surface area contributed by atoms with Gasteiger partial charge in [-0.2, -0.15) is 0 Å². The first-order valence-electron chi connectivity index (χ1n) is 5.38. The lowest BCUT2D eigenvalue weighted by Gasteiger charge is -2.10. The topological polar surface area (TPSA) is 125 Å². The van der Waals surface area contributed by atoms with E-state index < -0.39 is 18.0 Å². The minimum absolute atomic E-state index is 0.167. The van der Waals surface area contributed by atoms with Crippen molar-refractivity contribution >= 4 is 29.3 Å². The molecule has 6 N–H and O–H groups in total. The Balaban J connectivity index is 3.06. The second-order valence-corrected chi connectivity index (χ2v) is 3.57. The van der Waals surface area contributed by atoms with Crippen molar-refractivity contribution in [3.8, 4) is 0 Å². The van der Waals surface area contributed by atoms with Crippen LogP contribution in [0.15, 0.2) is 18.2 Å². The van der Waals surface area contributed by atoms with Gasteiger partial charge in [-0.3, -0.25) is 4.79 Å². The third-order valence-corrected chi connectivity index (χ3v) is 2.19. The number of amides is 5. The molecule has 0 bridgehead atoms. The molecule has 1 aromatic rings. The monoisotopic (exact) mass is 265 g/mol. The van der Waals surface area contributed by atoms with Crippen molar-refractivity contribution in [3.05, 3.63) is 23.8 Å². The molecule has 0 aromatic heterocycles. The maximum absolute atomic E-state index is 11.2. The smallest absolute Gasteiger partial charge is 0.318 e. The van der Waals surface area contributed by atoms with Crippen LogP contribution in [0.3, 0.4) is 0 Å². The Labute approximate surface area is 109 Å². The van der Waals surface area contributed by atoms with Crippen LogP contribution in [0.5, 0.6) is 0 Å². The number of nitrogens with one attached hydrogen (secondary N) is 4.